The second-order valence-corrected chi connectivity index (χ2v) is 8.35. The SMILES string of the molecule is CC(C)Oc1cccc(C(=N)c2cc(N3CCN(C(=N)OC(=N)C4CC4)CC3)ncn2)c1. The van der Waals surface area contributed by atoms with Gasteiger partial charge >= 0.3 is 0 Å². The van der Waals surface area contributed by atoms with Crippen molar-refractivity contribution in [2.24, 2.45) is 5.92 Å². The minimum absolute atomic E-state index is 0.0511. The Morgan fingerprint density at radius 2 is 1.78 bits per heavy atom. The van der Waals surface area contributed by atoms with Crippen LogP contribution >= 0.6 is 0 Å². The number of anilines is 1. The molecule has 2 heterocycles. The average molecular weight is 436 g/mol. The van der Waals surface area contributed by atoms with Crippen molar-refractivity contribution in [3.8, 4) is 5.75 Å². The van der Waals surface area contributed by atoms with Gasteiger partial charge in [-0.2, -0.15) is 0 Å². The van der Waals surface area contributed by atoms with Crippen molar-refractivity contribution in [3.05, 3.63) is 47.9 Å². The fourth-order valence-corrected chi connectivity index (χ4v) is 3.54. The highest BCUT2D eigenvalue weighted by molar-refractivity contribution is 6.10. The third-order valence-corrected chi connectivity index (χ3v) is 5.45. The van der Waals surface area contributed by atoms with Gasteiger partial charge in [-0.15, -0.1) is 0 Å². The van der Waals surface area contributed by atoms with Crippen LogP contribution in [0.4, 0.5) is 5.82 Å². The Bertz CT molecular complexity index is 1010. The lowest BCUT2D eigenvalue weighted by Crippen LogP contribution is -2.49. The van der Waals surface area contributed by atoms with Gasteiger partial charge in [0, 0.05) is 43.7 Å². The fourth-order valence-electron chi connectivity index (χ4n) is 3.54. The Morgan fingerprint density at radius 1 is 1.03 bits per heavy atom. The molecule has 2 fully saturated rings. The van der Waals surface area contributed by atoms with Gasteiger partial charge in [-0.3, -0.25) is 16.2 Å². The number of benzene rings is 1. The highest BCUT2D eigenvalue weighted by Gasteiger charge is 2.30. The molecule has 4 rings (SSSR count). The summed E-state index contributed by atoms with van der Waals surface area (Å²) in [6.45, 7) is 6.51. The minimum Gasteiger partial charge on any atom is -0.491 e. The normalized spacial score (nSPS) is 16.1. The van der Waals surface area contributed by atoms with E-state index in [2.05, 4.69) is 14.9 Å². The molecule has 3 N–H and O–H groups in total. The molecular formula is C23H29N7O2. The summed E-state index contributed by atoms with van der Waals surface area (Å²) in [5.41, 5.74) is 1.60. The number of nitrogens with zero attached hydrogens (tertiary/aromatic N) is 4. The minimum atomic E-state index is 0.0511. The second kappa shape index (κ2) is 9.33. The van der Waals surface area contributed by atoms with E-state index >= 15 is 0 Å². The van der Waals surface area contributed by atoms with Crippen LogP contribution < -0.4 is 9.64 Å². The summed E-state index contributed by atoms with van der Waals surface area (Å²) in [5, 5.41) is 24.6. The summed E-state index contributed by atoms with van der Waals surface area (Å²) >= 11 is 0. The first kappa shape index (κ1) is 21.7. The lowest BCUT2D eigenvalue weighted by Gasteiger charge is -2.35. The lowest BCUT2D eigenvalue weighted by atomic mass is 10.1. The number of ether oxygens (including phenoxy) is 2. The van der Waals surface area contributed by atoms with Crippen LogP contribution in [0.25, 0.3) is 0 Å². The zero-order valence-corrected chi connectivity index (χ0v) is 18.5. The highest BCUT2D eigenvalue weighted by atomic mass is 16.5. The predicted molar refractivity (Wildman–Crippen MR) is 123 cm³/mol. The quantitative estimate of drug-likeness (QED) is 0.473. The van der Waals surface area contributed by atoms with Gasteiger partial charge in [0.1, 0.15) is 17.9 Å². The van der Waals surface area contributed by atoms with E-state index in [4.69, 9.17) is 25.7 Å². The molecule has 1 aromatic heterocycles. The third kappa shape index (κ3) is 5.22. The van der Waals surface area contributed by atoms with Crippen LogP contribution in [-0.2, 0) is 4.74 Å². The Kier molecular flexibility index (Phi) is 6.34. The number of amidine groups is 1. The Hall–Kier alpha value is -3.49. The van der Waals surface area contributed by atoms with Gasteiger partial charge in [0.25, 0.3) is 6.02 Å². The summed E-state index contributed by atoms with van der Waals surface area (Å²) in [7, 11) is 0. The van der Waals surface area contributed by atoms with E-state index in [1.807, 2.05) is 49.1 Å². The topological polar surface area (TPSA) is 122 Å². The maximum atomic E-state index is 8.62. The molecule has 0 bridgehead atoms. The van der Waals surface area contributed by atoms with Crippen LogP contribution in [0, 0.1) is 22.1 Å². The number of piperazine rings is 1. The van der Waals surface area contributed by atoms with E-state index in [0.717, 1.165) is 30.0 Å². The Morgan fingerprint density at radius 3 is 2.47 bits per heavy atom. The van der Waals surface area contributed by atoms with Gasteiger partial charge in [0.15, 0.2) is 5.90 Å². The van der Waals surface area contributed by atoms with Gasteiger partial charge < -0.3 is 19.3 Å². The molecule has 168 valence electrons. The molecule has 2 aromatic rings. The van der Waals surface area contributed by atoms with Crippen molar-refractivity contribution in [3.63, 3.8) is 0 Å². The van der Waals surface area contributed by atoms with Crippen LogP contribution in [0.15, 0.2) is 36.7 Å². The van der Waals surface area contributed by atoms with Crippen molar-refractivity contribution >= 4 is 23.4 Å². The average Bonchev–Trinajstić information content (AvgIpc) is 3.64. The van der Waals surface area contributed by atoms with E-state index in [-0.39, 0.29) is 23.9 Å². The molecule has 9 nitrogen and oxygen atoms in total. The van der Waals surface area contributed by atoms with Crippen molar-refractivity contribution in [1.29, 1.82) is 16.2 Å². The molecule has 1 saturated heterocycles. The van der Waals surface area contributed by atoms with E-state index in [9.17, 15) is 0 Å². The van der Waals surface area contributed by atoms with E-state index < -0.39 is 0 Å². The standard InChI is InChI=1S/C23H29N7O2/c1-15(2)31-18-5-3-4-17(12-18)21(24)19-13-20(28-14-27-19)29-8-10-30(11-9-29)23(26)32-22(25)16-6-7-16/h3-5,12-16,24-26H,6-11H2,1-2H3. The summed E-state index contributed by atoms with van der Waals surface area (Å²) in [5.74, 6) is 1.89. The summed E-state index contributed by atoms with van der Waals surface area (Å²) in [4.78, 5) is 12.7. The molecule has 1 aromatic carbocycles. The van der Waals surface area contributed by atoms with Crippen molar-refractivity contribution in [2.75, 3.05) is 31.1 Å². The van der Waals surface area contributed by atoms with Crippen LogP contribution in [-0.4, -0.2) is 64.8 Å². The first-order valence-corrected chi connectivity index (χ1v) is 10.9. The number of hydrogen-bond acceptors (Lipinski definition) is 8. The smallest absolute Gasteiger partial charge is 0.291 e. The first-order valence-electron chi connectivity index (χ1n) is 10.9. The molecule has 0 atom stereocenters. The number of rotatable bonds is 6. The van der Waals surface area contributed by atoms with E-state index in [1.165, 1.54) is 6.33 Å². The molecule has 0 radical (unpaired) electrons. The zero-order valence-electron chi connectivity index (χ0n) is 18.5. The highest BCUT2D eigenvalue weighted by Crippen LogP contribution is 2.30. The first-order chi connectivity index (χ1) is 15.4. The molecule has 1 saturated carbocycles. The van der Waals surface area contributed by atoms with Crippen molar-refractivity contribution < 1.29 is 9.47 Å². The molecule has 32 heavy (non-hydrogen) atoms. The predicted octanol–water partition coefficient (Wildman–Crippen LogP) is 3.14. The van der Waals surface area contributed by atoms with Crippen LogP contribution in [0.3, 0.4) is 0 Å². The van der Waals surface area contributed by atoms with Crippen molar-refractivity contribution in [1.82, 2.24) is 14.9 Å². The summed E-state index contributed by atoms with van der Waals surface area (Å²) in [6.07, 6.45) is 3.53. The largest absolute Gasteiger partial charge is 0.491 e. The van der Waals surface area contributed by atoms with Crippen LogP contribution in [0.5, 0.6) is 5.75 Å². The maximum Gasteiger partial charge on any atom is 0.291 e. The van der Waals surface area contributed by atoms with Gasteiger partial charge in [-0.05, 0) is 38.8 Å². The molecule has 0 amide bonds. The molecule has 0 spiro atoms. The molecule has 0 unspecified atom stereocenters. The van der Waals surface area contributed by atoms with Crippen LogP contribution in [0.1, 0.15) is 37.9 Å². The van der Waals surface area contributed by atoms with E-state index in [0.29, 0.717) is 37.6 Å². The monoisotopic (exact) mass is 435 g/mol. The third-order valence-electron chi connectivity index (χ3n) is 5.45. The molecule has 1 aliphatic heterocycles. The van der Waals surface area contributed by atoms with Gasteiger partial charge in [0.2, 0.25) is 0 Å². The number of aromatic nitrogens is 2. The zero-order chi connectivity index (χ0) is 22.7. The maximum absolute atomic E-state index is 8.62. The van der Waals surface area contributed by atoms with Gasteiger partial charge in [-0.25, -0.2) is 9.97 Å². The number of nitrogens with one attached hydrogen (secondary N) is 3. The van der Waals surface area contributed by atoms with Gasteiger partial charge in [-0.1, -0.05) is 12.1 Å². The fraction of sp³-hybridized carbons (Fsp3) is 0.435. The number of hydrogen-bond donors (Lipinski definition) is 3. The van der Waals surface area contributed by atoms with Gasteiger partial charge in [0.05, 0.1) is 17.5 Å². The molecule has 9 heteroatoms. The second-order valence-electron chi connectivity index (χ2n) is 8.35. The molecular weight excluding hydrogens is 406 g/mol. The van der Waals surface area contributed by atoms with E-state index in [1.54, 1.807) is 0 Å². The molecule has 2 aliphatic rings. The Balaban J connectivity index is 1.38. The summed E-state index contributed by atoms with van der Waals surface area (Å²) < 4.78 is 11.1. The summed E-state index contributed by atoms with van der Waals surface area (Å²) in [6, 6.07) is 9.38. The molecule has 1 aliphatic carbocycles. The van der Waals surface area contributed by atoms with Crippen LogP contribution in [0.2, 0.25) is 0 Å². The van der Waals surface area contributed by atoms with Crippen molar-refractivity contribution in [2.45, 2.75) is 32.8 Å². The lowest BCUT2D eigenvalue weighted by molar-refractivity contribution is 0.242. The Labute approximate surface area is 187 Å².